The van der Waals surface area contributed by atoms with E-state index in [-0.39, 0.29) is 11.8 Å². The van der Waals surface area contributed by atoms with E-state index in [2.05, 4.69) is 25.3 Å². The standard InChI is InChI=1S/C18H29NO2S/c1-13-10-17(15(3)19(13)14(2)11-21-4)18(20)12-22-16-8-6-5-7-9-16/h10,14,16H,5-9,11-12H2,1-4H3. The number of aromatic nitrogens is 1. The highest BCUT2D eigenvalue weighted by Crippen LogP contribution is 2.29. The first-order chi connectivity index (χ1) is 10.5. The van der Waals surface area contributed by atoms with Crippen molar-refractivity contribution in [2.75, 3.05) is 19.5 Å². The molecule has 0 aromatic carbocycles. The minimum atomic E-state index is 0.262. The van der Waals surface area contributed by atoms with Crippen molar-refractivity contribution in [3.05, 3.63) is 23.0 Å². The second kappa shape index (κ2) is 8.21. The summed E-state index contributed by atoms with van der Waals surface area (Å²) in [6.45, 7) is 6.93. The van der Waals surface area contributed by atoms with Gasteiger partial charge in [-0.25, -0.2) is 0 Å². The van der Waals surface area contributed by atoms with Crippen molar-refractivity contribution in [3.63, 3.8) is 0 Å². The molecule has 1 saturated carbocycles. The molecule has 1 aliphatic rings. The lowest BCUT2D eigenvalue weighted by Gasteiger charge is -2.20. The molecule has 1 atom stereocenters. The van der Waals surface area contributed by atoms with Gasteiger partial charge in [-0.15, -0.1) is 0 Å². The lowest BCUT2D eigenvalue weighted by Crippen LogP contribution is -2.15. The van der Waals surface area contributed by atoms with Gasteiger partial charge in [0.2, 0.25) is 0 Å². The molecular formula is C18H29NO2S. The van der Waals surface area contributed by atoms with Crippen LogP contribution in [-0.4, -0.2) is 35.1 Å². The molecule has 1 aromatic rings. The Kier molecular flexibility index (Phi) is 6.57. The molecular weight excluding hydrogens is 294 g/mol. The maximum atomic E-state index is 12.6. The Morgan fingerprint density at radius 3 is 2.68 bits per heavy atom. The molecule has 0 amide bonds. The molecule has 0 bridgehead atoms. The zero-order valence-electron chi connectivity index (χ0n) is 14.4. The van der Waals surface area contributed by atoms with Crippen LogP contribution in [0.2, 0.25) is 0 Å². The lowest BCUT2D eigenvalue weighted by molar-refractivity contribution is 0.102. The molecule has 0 aliphatic heterocycles. The van der Waals surface area contributed by atoms with Crippen molar-refractivity contribution in [2.24, 2.45) is 0 Å². The molecule has 0 saturated heterocycles. The van der Waals surface area contributed by atoms with Crippen molar-refractivity contribution >= 4 is 17.5 Å². The second-order valence-corrected chi connectivity index (χ2v) is 7.74. The van der Waals surface area contributed by atoms with Crippen LogP contribution in [0.3, 0.4) is 0 Å². The molecule has 1 aromatic heterocycles. The van der Waals surface area contributed by atoms with E-state index < -0.39 is 0 Å². The van der Waals surface area contributed by atoms with Gasteiger partial charge in [-0.05, 0) is 39.7 Å². The number of ketones is 1. The van der Waals surface area contributed by atoms with E-state index in [1.807, 2.05) is 17.8 Å². The van der Waals surface area contributed by atoms with E-state index in [1.54, 1.807) is 7.11 Å². The predicted molar refractivity (Wildman–Crippen MR) is 94.2 cm³/mol. The summed E-state index contributed by atoms with van der Waals surface area (Å²) in [4.78, 5) is 12.6. The van der Waals surface area contributed by atoms with Crippen molar-refractivity contribution in [2.45, 2.75) is 64.2 Å². The Morgan fingerprint density at radius 2 is 2.05 bits per heavy atom. The number of nitrogens with zero attached hydrogens (tertiary/aromatic N) is 1. The summed E-state index contributed by atoms with van der Waals surface area (Å²) in [6.07, 6.45) is 6.58. The van der Waals surface area contributed by atoms with E-state index in [1.165, 1.54) is 32.1 Å². The van der Waals surface area contributed by atoms with Crippen molar-refractivity contribution in [3.8, 4) is 0 Å². The van der Waals surface area contributed by atoms with Crippen LogP contribution in [-0.2, 0) is 4.74 Å². The molecule has 0 N–H and O–H groups in total. The third-order valence-corrected chi connectivity index (χ3v) is 6.01. The second-order valence-electron chi connectivity index (χ2n) is 6.45. The molecule has 4 heteroatoms. The van der Waals surface area contributed by atoms with Gasteiger partial charge in [-0.3, -0.25) is 4.79 Å². The van der Waals surface area contributed by atoms with Crippen molar-refractivity contribution < 1.29 is 9.53 Å². The number of aryl methyl sites for hydroxylation is 1. The molecule has 1 aliphatic carbocycles. The van der Waals surface area contributed by atoms with Gasteiger partial charge in [0.25, 0.3) is 0 Å². The lowest BCUT2D eigenvalue weighted by atomic mass is 10.0. The van der Waals surface area contributed by atoms with Gasteiger partial charge < -0.3 is 9.30 Å². The van der Waals surface area contributed by atoms with Crippen LogP contribution in [0.5, 0.6) is 0 Å². The van der Waals surface area contributed by atoms with Crippen LogP contribution < -0.4 is 0 Å². The molecule has 1 heterocycles. The van der Waals surface area contributed by atoms with E-state index >= 15 is 0 Å². The van der Waals surface area contributed by atoms with Gasteiger partial charge in [-0.2, -0.15) is 11.8 Å². The number of thioether (sulfide) groups is 1. The third-order valence-electron chi connectivity index (χ3n) is 4.64. The third kappa shape index (κ3) is 4.17. The minimum absolute atomic E-state index is 0.262. The highest BCUT2D eigenvalue weighted by Gasteiger charge is 2.20. The smallest absolute Gasteiger partial charge is 0.174 e. The van der Waals surface area contributed by atoms with Gasteiger partial charge in [0.1, 0.15) is 0 Å². The molecule has 1 unspecified atom stereocenters. The Labute approximate surface area is 138 Å². The predicted octanol–water partition coefficient (Wildman–Crippen LogP) is 4.56. The fraction of sp³-hybridized carbons (Fsp3) is 0.722. The number of hydrogen-bond acceptors (Lipinski definition) is 3. The van der Waals surface area contributed by atoms with Crippen LogP contribution >= 0.6 is 11.8 Å². The fourth-order valence-corrected chi connectivity index (χ4v) is 4.77. The van der Waals surface area contributed by atoms with Crippen LogP contribution in [0.4, 0.5) is 0 Å². The largest absolute Gasteiger partial charge is 0.383 e. The zero-order valence-corrected chi connectivity index (χ0v) is 15.2. The molecule has 124 valence electrons. The Hall–Kier alpha value is -0.740. The summed E-state index contributed by atoms with van der Waals surface area (Å²) < 4.78 is 7.48. The van der Waals surface area contributed by atoms with Gasteiger partial charge in [0, 0.05) is 29.3 Å². The van der Waals surface area contributed by atoms with E-state index in [9.17, 15) is 4.79 Å². The average molecular weight is 324 g/mol. The summed E-state index contributed by atoms with van der Waals surface area (Å²) >= 11 is 1.86. The first-order valence-electron chi connectivity index (χ1n) is 8.36. The highest BCUT2D eigenvalue weighted by molar-refractivity contribution is 8.00. The number of ether oxygens (including phenoxy) is 1. The van der Waals surface area contributed by atoms with E-state index in [0.29, 0.717) is 17.6 Å². The van der Waals surface area contributed by atoms with Gasteiger partial charge in [0.05, 0.1) is 18.4 Å². The summed E-state index contributed by atoms with van der Waals surface area (Å²) in [5.41, 5.74) is 3.12. The van der Waals surface area contributed by atoms with E-state index in [4.69, 9.17) is 4.74 Å². The molecule has 0 radical (unpaired) electrons. The normalized spacial score (nSPS) is 17.6. The van der Waals surface area contributed by atoms with Crippen LogP contribution in [0.1, 0.15) is 66.8 Å². The first kappa shape index (κ1) is 17.6. The molecule has 22 heavy (non-hydrogen) atoms. The Balaban J connectivity index is 2.01. The highest BCUT2D eigenvalue weighted by atomic mass is 32.2. The summed E-state index contributed by atoms with van der Waals surface area (Å²) in [7, 11) is 1.72. The van der Waals surface area contributed by atoms with Crippen LogP contribution in [0.25, 0.3) is 0 Å². The average Bonchev–Trinajstić information content (AvgIpc) is 2.81. The topological polar surface area (TPSA) is 31.2 Å². The maximum Gasteiger partial charge on any atom is 0.174 e. The fourth-order valence-electron chi connectivity index (χ4n) is 3.56. The molecule has 1 fully saturated rings. The first-order valence-corrected chi connectivity index (χ1v) is 9.41. The van der Waals surface area contributed by atoms with Gasteiger partial charge in [0.15, 0.2) is 5.78 Å². The van der Waals surface area contributed by atoms with Crippen molar-refractivity contribution in [1.82, 2.24) is 4.57 Å². The molecule has 0 spiro atoms. The molecule has 3 nitrogen and oxygen atoms in total. The monoisotopic (exact) mass is 323 g/mol. The number of carbonyl (C=O) groups is 1. The summed E-state index contributed by atoms with van der Waals surface area (Å²) in [6, 6.07) is 2.31. The number of Topliss-reactive ketones (excluding diaryl/α,β-unsaturated/α-hetero) is 1. The number of methoxy groups -OCH3 is 1. The zero-order chi connectivity index (χ0) is 16.1. The number of hydrogen-bond donors (Lipinski definition) is 0. The summed E-state index contributed by atoms with van der Waals surface area (Å²) in [5, 5.41) is 0.689. The Bertz CT molecular complexity index is 503. The molecule has 2 rings (SSSR count). The SMILES string of the molecule is COCC(C)n1c(C)cc(C(=O)CSC2CCCCC2)c1C. The minimum Gasteiger partial charge on any atom is -0.383 e. The summed E-state index contributed by atoms with van der Waals surface area (Å²) in [5.74, 6) is 0.896. The maximum absolute atomic E-state index is 12.6. The van der Waals surface area contributed by atoms with E-state index in [0.717, 1.165) is 17.0 Å². The van der Waals surface area contributed by atoms with Crippen LogP contribution in [0.15, 0.2) is 6.07 Å². The van der Waals surface area contributed by atoms with Crippen molar-refractivity contribution in [1.29, 1.82) is 0 Å². The number of rotatable bonds is 7. The van der Waals surface area contributed by atoms with Gasteiger partial charge in [-0.1, -0.05) is 19.3 Å². The van der Waals surface area contributed by atoms with Gasteiger partial charge >= 0.3 is 0 Å². The Morgan fingerprint density at radius 1 is 1.36 bits per heavy atom. The van der Waals surface area contributed by atoms with Crippen LogP contribution in [0, 0.1) is 13.8 Å². The quantitative estimate of drug-likeness (QED) is 0.689. The number of carbonyl (C=O) groups excluding carboxylic acids is 1.